The molecular weight excluding hydrogens is 254 g/mol. The van der Waals surface area contributed by atoms with Gasteiger partial charge in [-0.25, -0.2) is 0 Å². The Morgan fingerprint density at radius 1 is 1.15 bits per heavy atom. The number of nitrogens with two attached hydrogens (primary N) is 1. The summed E-state index contributed by atoms with van der Waals surface area (Å²) in [5, 5.41) is 0. The third-order valence-electron chi connectivity index (χ3n) is 2.96. The molecule has 0 aliphatic rings. The Kier molecular flexibility index (Phi) is 4.30. The Bertz CT molecular complexity index is 570. The summed E-state index contributed by atoms with van der Waals surface area (Å²) in [5.41, 5.74) is 7.38. The third-order valence-corrected chi connectivity index (χ3v) is 2.96. The molecule has 2 aromatic rings. The van der Waals surface area contributed by atoms with Gasteiger partial charge in [0.15, 0.2) is 0 Å². The molecule has 0 amide bonds. The van der Waals surface area contributed by atoms with Crippen molar-refractivity contribution in [2.45, 2.75) is 6.92 Å². The second-order valence-electron chi connectivity index (χ2n) is 4.25. The minimum absolute atomic E-state index is 0.463. The zero-order valence-electron chi connectivity index (χ0n) is 12.0. The number of methoxy groups -OCH3 is 1. The van der Waals surface area contributed by atoms with Crippen molar-refractivity contribution in [1.29, 1.82) is 0 Å². The van der Waals surface area contributed by atoms with Crippen LogP contribution in [0.3, 0.4) is 0 Å². The molecule has 5 heteroatoms. The van der Waals surface area contributed by atoms with E-state index in [1.54, 1.807) is 13.2 Å². The first-order chi connectivity index (χ1) is 9.65. The molecule has 0 fully saturated rings. The number of rotatable bonds is 5. The van der Waals surface area contributed by atoms with Gasteiger partial charge in [-0.15, -0.1) is 0 Å². The number of hydrogen-bond donors (Lipinski definition) is 1. The second kappa shape index (κ2) is 6.14. The second-order valence-corrected chi connectivity index (χ2v) is 4.25. The molecule has 0 saturated heterocycles. The van der Waals surface area contributed by atoms with Crippen molar-refractivity contribution < 1.29 is 9.47 Å². The van der Waals surface area contributed by atoms with Crippen LogP contribution >= 0.6 is 0 Å². The molecule has 5 nitrogen and oxygen atoms in total. The molecule has 0 atom stereocenters. The predicted molar refractivity (Wildman–Crippen MR) is 80.9 cm³/mol. The summed E-state index contributed by atoms with van der Waals surface area (Å²) in [4.78, 5) is 6.39. The number of pyridine rings is 1. The molecule has 1 aromatic carbocycles. The molecule has 20 heavy (non-hydrogen) atoms. The zero-order chi connectivity index (χ0) is 14.5. The smallest absolute Gasteiger partial charge is 0.239 e. The first kappa shape index (κ1) is 14.0. The number of nitrogens with zero attached hydrogens (tertiary/aromatic N) is 2. The highest BCUT2D eigenvalue weighted by Gasteiger charge is 2.09. The summed E-state index contributed by atoms with van der Waals surface area (Å²) in [7, 11) is 3.59. The Morgan fingerprint density at radius 2 is 1.85 bits per heavy atom. The van der Waals surface area contributed by atoms with Crippen LogP contribution in [0.2, 0.25) is 0 Å². The Balaban J connectivity index is 2.27. The van der Waals surface area contributed by atoms with Crippen LogP contribution in [0.15, 0.2) is 36.4 Å². The summed E-state index contributed by atoms with van der Waals surface area (Å²) in [6, 6.07) is 11.4. The summed E-state index contributed by atoms with van der Waals surface area (Å²) in [6.07, 6.45) is 0. The van der Waals surface area contributed by atoms with E-state index in [2.05, 4.69) is 4.98 Å². The molecule has 1 aromatic heterocycles. The summed E-state index contributed by atoms with van der Waals surface area (Å²) >= 11 is 0. The van der Waals surface area contributed by atoms with E-state index in [9.17, 15) is 0 Å². The van der Waals surface area contributed by atoms with Crippen LogP contribution in [0.4, 0.5) is 17.2 Å². The topological polar surface area (TPSA) is 60.6 Å². The monoisotopic (exact) mass is 273 g/mol. The quantitative estimate of drug-likeness (QED) is 0.907. The number of nitrogen functional groups attached to an aromatic ring is 1. The van der Waals surface area contributed by atoms with E-state index in [1.165, 1.54) is 0 Å². The third kappa shape index (κ3) is 2.93. The highest BCUT2D eigenvalue weighted by Crippen LogP contribution is 2.28. The highest BCUT2D eigenvalue weighted by atomic mass is 16.5. The first-order valence-electron chi connectivity index (χ1n) is 6.42. The molecule has 2 rings (SSSR count). The van der Waals surface area contributed by atoms with Crippen molar-refractivity contribution in [1.82, 2.24) is 4.98 Å². The Labute approximate surface area is 118 Å². The van der Waals surface area contributed by atoms with E-state index in [1.807, 2.05) is 49.2 Å². The summed E-state index contributed by atoms with van der Waals surface area (Å²) in [6.45, 7) is 2.44. The van der Waals surface area contributed by atoms with Gasteiger partial charge in [-0.3, -0.25) is 0 Å². The fraction of sp³-hybridized carbons (Fsp3) is 0.267. The van der Waals surface area contributed by atoms with Crippen molar-refractivity contribution in [3.05, 3.63) is 36.4 Å². The van der Waals surface area contributed by atoms with Gasteiger partial charge < -0.3 is 20.1 Å². The van der Waals surface area contributed by atoms with Crippen molar-refractivity contribution >= 4 is 17.2 Å². The molecule has 106 valence electrons. The van der Waals surface area contributed by atoms with Crippen LogP contribution in [-0.2, 0) is 0 Å². The van der Waals surface area contributed by atoms with E-state index in [-0.39, 0.29) is 0 Å². The lowest BCUT2D eigenvalue weighted by atomic mass is 10.2. The normalized spacial score (nSPS) is 10.2. The van der Waals surface area contributed by atoms with Gasteiger partial charge in [0.25, 0.3) is 0 Å². The standard InChI is InChI=1S/C15H19N3O2/c1-4-20-15-13(16)9-10-14(17-15)18(2)11-5-7-12(19-3)8-6-11/h5-10H,4,16H2,1-3H3. The molecule has 0 aliphatic heterocycles. The van der Waals surface area contributed by atoms with Crippen LogP contribution < -0.4 is 20.1 Å². The molecule has 0 aliphatic carbocycles. The van der Waals surface area contributed by atoms with Crippen molar-refractivity contribution in [3.8, 4) is 11.6 Å². The zero-order valence-corrected chi connectivity index (χ0v) is 12.0. The van der Waals surface area contributed by atoms with E-state index in [4.69, 9.17) is 15.2 Å². The number of ether oxygens (including phenoxy) is 2. The van der Waals surface area contributed by atoms with Gasteiger partial charge in [0, 0.05) is 12.7 Å². The molecule has 0 radical (unpaired) electrons. The maximum Gasteiger partial charge on any atom is 0.239 e. The van der Waals surface area contributed by atoms with E-state index in [0.29, 0.717) is 18.2 Å². The van der Waals surface area contributed by atoms with Gasteiger partial charge in [0.1, 0.15) is 11.6 Å². The van der Waals surface area contributed by atoms with Gasteiger partial charge >= 0.3 is 0 Å². The van der Waals surface area contributed by atoms with Crippen molar-refractivity contribution in [2.24, 2.45) is 0 Å². The fourth-order valence-corrected chi connectivity index (χ4v) is 1.82. The Hall–Kier alpha value is -2.43. The number of anilines is 3. The maximum atomic E-state index is 5.83. The van der Waals surface area contributed by atoms with Crippen molar-refractivity contribution in [2.75, 3.05) is 31.4 Å². The average Bonchev–Trinajstić information content (AvgIpc) is 2.49. The van der Waals surface area contributed by atoms with E-state index in [0.717, 1.165) is 17.3 Å². The minimum atomic E-state index is 0.463. The highest BCUT2D eigenvalue weighted by molar-refractivity contribution is 5.63. The van der Waals surface area contributed by atoms with Gasteiger partial charge in [-0.1, -0.05) is 0 Å². The molecule has 0 unspecified atom stereocenters. The number of hydrogen-bond acceptors (Lipinski definition) is 5. The molecule has 1 heterocycles. The number of aromatic nitrogens is 1. The number of benzene rings is 1. The summed E-state index contributed by atoms with van der Waals surface area (Å²) < 4.78 is 10.6. The lowest BCUT2D eigenvalue weighted by Crippen LogP contribution is -2.12. The predicted octanol–water partition coefficient (Wildman–Crippen LogP) is 2.84. The van der Waals surface area contributed by atoms with Gasteiger partial charge in [0.2, 0.25) is 5.88 Å². The minimum Gasteiger partial charge on any atom is -0.497 e. The van der Waals surface area contributed by atoms with Gasteiger partial charge in [-0.2, -0.15) is 4.98 Å². The Morgan fingerprint density at radius 3 is 2.45 bits per heavy atom. The van der Waals surface area contributed by atoms with Crippen LogP contribution in [0.25, 0.3) is 0 Å². The summed E-state index contributed by atoms with van der Waals surface area (Å²) in [5.74, 6) is 2.06. The lowest BCUT2D eigenvalue weighted by Gasteiger charge is -2.19. The largest absolute Gasteiger partial charge is 0.497 e. The van der Waals surface area contributed by atoms with E-state index < -0.39 is 0 Å². The maximum absolute atomic E-state index is 5.83. The molecule has 2 N–H and O–H groups in total. The van der Waals surface area contributed by atoms with Gasteiger partial charge in [-0.05, 0) is 43.3 Å². The van der Waals surface area contributed by atoms with Gasteiger partial charge in [0.05, 0.1) is 19.4 Å². The first-order valence-corrected chi connectivity index (χ1v) is 6.42. The average molecular weight is 273 g/mol. The molecule has 0 saturated carbocycles. The van der Waals surface area contributed by atoms with E-state index >= 15 is 0 Å². The van der Waals surface area contributed by atoms with Crippen LogP contribution in [0.1, 0.15) is 6.92 Å². The molecular formula is C15H19N3O2. The van der Waals surface area contributed by atoms with Crippen LogP contribution in [0.5, 0.6) is 11.6 Å². The fourth-order valence-electron chi connectivity index (χ4n) is 1.82. The van der Waals surface area contributed by atoms with Crippen LogP contribution in [-0.4, -0.2) is 25.7 Å². The molecule has 0 spiro atoms. The SMILES string of the molecule is CCOc1nc(N(C)c2ccc(OC)cc2)ccc1N. The lowest BCUT2D eigenvalue weighted by molar-refractivity contribution is 0.329. The molecule has 0 bridgehead atoms. The van der Waals surface area contributed by atoms with Crippen molar-refractivity contribution in [3.63, 3.8) is 0 Å². The van der Waals surface area contributed by atoms with Crippen LogP contribution in [0, 0.1) is 0 Å².